The molecule has 0 aliphatic carbocycles. The van der Waals surface area contributed by atoms with Gasteiger partial charge in [-0.2, -0.15) is 0 Å². The molecule has 4 rings (SSSR count). The van der Waals surface area contributed by atoms with Gasteiger partial charge in [0.2, 0.25) is 11.8 Å². The number of halogens is 1. The first-order chi connectivity index (χ1) is 22.4. The molecule has 0 bridgehead atoms. The second-order valence-electron chi connectivity index (χ2n) is 13.6. The molecule has 0 atom stereocenters. The minimum absolute atomic E-state index is 0.0225. The number of hydrogen-bond acceptors (Lipinski definition) is 7. The minimum Gasteiger partial charge on any atom is -0.482 e. The first-order valence-electron chi connectivity index (χ1n) is 15.5. The van der Waals surface area contributed by atoms with Gasteiger partial charge in [-0.3, -0.25) is 24.3 Å². The van der Waals surface area contributed by atoms with Crippen molar-refractivity contribution in [2.45, 2.75) is 78.2 Å². The van der Waals surface area contributed by atoms with Crippen LogP contribution in [0.4, 0.5) is 11.4 Å². The Morgan fingerprint density at radius 3 is 2.19 bits per heavy atom. The fraction of sp³-hybridized carbons (Fsp3) is 0.412. The average Bonchev–Trinajstić information content (AvgIpc) is 3.57. The molecule has 4 amide bonds. The Labute approximate surface area is 284 Å². The van der Waals surface area contributed by atoms with Crippen molar-refractivity contribution in [3.63, 3.8) is 0 Å². The van der Waals surface area contributed by atoms with Gasteiger partial charge in [-0.1, -0.05) is 70.5 Å². The third-order valence-corrected chi connectivity index (χ3v) is 8.62. The molecule has 0 radical (unpaired) electrons. The molecule has 14 heteroatoms. The quantitative estimate of drug-likeness (QED) is 0.141. The second-order valence-corrected chi connectivity index (χ2v) is 14.0. The monoisotopic (exact) mass is 678 g/mol. The molecule has 13 nitrogen and oxygen atoms in total. The van der Waals surface area contributed by atoms with Gasteiger partial charge in [0.1, 0.15) is 10.8 Å². The van der Waals surface area contributed by atoms with Gasteiger partial charge < -0.3 is 26.0 Å². The van der Waals surface area contributed by atoms with E-state index in [4.69, 9.17) is 16.3 Å². The van der Waals surface area contributed by atoms with Gasteiger partial charge in [-0.05, 0) is 38.1 Å². The number of aromatic amines is 1. The molecule has 2 heterocycles. The molecule has 0 aliphatic rings. The zero-order valence-electron chi connectivity index (χ0n) is 28.5. The Morgan fingerprint density at radius 1 is 0.875 bits per heavy atom. The third-order valence-electron chi connectivity index (χ3n) is 8.27. The molecule has 0 spiro atoms. The molecule has 5 N–H and O–H groups in total. The summed E-state index contributed by atoms with van der Waals surface area (Å²) in [5.74, 6) is -0.563. The fourth-order valence-corrected chi connectivity index (χ4v) is 5.39. The predicted octanol–water partition coefficient (Wildman–Crippen LogP) is 4.98. The van der Waals surface area contributed by atoms with E-state index in [9.17, 15) is 19.2 Å². The smallest absolute Gasteiger partial charge is 0.258 e. The van der Waals surface area contributed by atoms with Crippen molar-refractivity contribution in [3.05, 3.63) is 70.6 Å². The normalized spacial score (nSPS) is 12.0. The van der Waals surface area contributed by atoms with Crippen LogP contribution >= 0.6 is 11.6 Å². The number of fused-ring (bicyclic) bond motifs is 1. The van der Waals surface area contributed by atoms with E-state index in [-0.39, 0.29) is 48.3 Å². The largest absolute Gasteiger partial charge is 0.482 e. The van der Waals surface area contributed by atoms with E-state index < -0.39 is 16.9 Å². The molecule has 0 fully saturated rings. The molecule has 0 saturated carbocycles. The number of nitrogens with one attached hydrogen (secondary N) is 5. The number of rotatable bonds is 12. The van der Waals surface area contributed by atoms with Crippen molar-refractivity contribution in [2.24, 2.45) is 0 Å². The Balaban J connectivity index is 1.34. The molecule has 48 heavy (non-hydrogen) atoms. The summed E-state index contributed by atoms with van der Waals surface area (Å²) in [6, 6.07) is 13.4. The lowest BCUT2D eigenvalue weighted by Gasteiger charge is -2.40. The van der Waals surface area contributed by atoms with E-state index >= 15 is 0 Å². The van der Waals surface area contributed by atoms with Crippen molar-refractivity contribution in [1.29, 1.82) is 0 Å². The van der Waals surface area contributed by atoms with Crippen LogP contribution < -0.4 is 26.0 Å². The molecule has 4 aromatic rings. The number of para-hydroxylation sites is 3. The summed E-state index contributed by atoms with van der Waals surface area (Å²) in [6.07, 6.45) is -0.0225. The van der Waals surface area contributed by atoms with Gasteiger partial charge in [0.15, 0.2) is 18.1 Å². The van der Waals surface area contributed by atoms with Crippen LogP contribution in [0.1, 0.15) is 83.7 Å². The van der Waals surface area contributed by atoms with Gasteiger partial charge in [0, 0.05) is 36.3 Å². The standard InChI is InChI=1S/C34H43ClN8O5/c1-20(44)37-22-14-10-9-13-21(22)30(47)36-18-17-25(45)38-23-15-11-12-16-24(23)48-19-26(46)39-34(7,8)33(5,6)31-41-40-29-27(35)28(32(2,3)4)42-43(29)31/h9-16,42H,17-19H2,1-8H3,(H,36,47)(H,37,44)(H,38,45)(H,39,46). The van der Waals surface area contributed by atoms with Crippen LogP contribution in [0.15, 0.2) is 48.5 Å². The first kappa shape index (κ1) is 35.9. The van der Waals surface area contributed by atoms with E-state index in [1.807, 2.05) is 27.7 Å². The highest BCUT2D eigenvalue weighted by atomic mass is 35.5. The maximum atomic E-state index is 13.2. The van der Waals surface area contributed by atoms with E-state index in [2.05, 4.69) is 57.3 Å². The predicted molar refractivity (Wildman–Crippen MR) is 185 cm³/mol. The summed E-state index contributed by atoms with van der Waals surface area (Å²) in [4.78, 5) is 50.0. The average molecular weight is 679 g/mol. The van der Waals surface area contributed by atoms with Crippen molar-refractivity contribution < 1.29 is 23.9 Å². The highest BCUT2D eigenvalue weighted by Crippen LogP contribution is 2.37. The maximum absolute atomic E-state index is 13.2. The molecular weight excluding hydrogens is 636 g/mol. The van der Waals surface area contributed by atoms with Crippen LogP contribution in [-0.2, 0) is 25.2 Å². The molecule has 2 aromatic carbocycles. The summed E-state index contributed by atoms with van der Waals surface area (Å²) in [5.41, 5.74) is 0.634. The SMILES string of the molecule is CC(=O)Nc1ccccc1C(=O)NCCC(=O)Nc1ccccc1OCC(=O)NC(C)(C)C(C)(C)c1nnc2c(Cl)c(C(C)(C)C)[nH]n12. The van der Waals surface area contributed by atoms with E-state index in [1.54, 1.807) is 53.0 Å². The minimum atomic E-state index is -0.809. The summed E-state index contributed by atoms with van der Waals surface area (Å²) >= 11 is 6.63. The second kappa shape index (κ2) is 14.1. The Bertz CT molecular complexity index is 1840. The van der Waals surface area contributed by atoms with Gasteiger partial charge in [-0.25, -0.2) is 4.52 Å². The number of anilines is 2. The number of H-pyrrole nitrogens is 1. The van der Waals surface area contributed by atoms with Crippen molar-refractivity contribution in [2.75, 3.05) is 23.8 Å². The fourth-order valence-electron chi connectivity index (χ4n) is 4.94. The molecule has 2 aromatic heterocycles. The maximum Gasteiger partial charge on any atom is 0.258 e. The Morgan fingerprint density at radius 2 is 1.52 bits per heavy atom. The topological polar surface area (TPSA) is 172 Å². The Hall–Kier alpha value is -4.91. The summed E-state index contributed by atoms with van der Waals surface area (Å²) < 4.78 is 7.60. The van der Waals surface area contributed by atoms with Gasteiger partial charge in [0.05, 0.1) is 22.6 Å². The van der Waals surface area contributed by atoms with Crippen LogP contribution in [-0.4, -0.2) is 62.1 Å². The van der Waals surface area contributed by atoms with Crippen molar-refractivity contribution in [3.8, 4) is 5.75 Å². The van der Waals surface area contributed by atoms with Crippen LogP contribution in [0, 0.1) is 0 Å². The summed E-state index contributed by atoms with van der Waals surface area (Å²) in [6.45, 7) is 15.0. The highest BCUT2D eigenvalue weighted by Gasteiger charge is 2.44. The molecular formula is C34H43ClN8O5. The van der Waals surface area contributed by atoms with Crippen LogP contribution in [0.25, 0.3) is 5.65 Å². The van der Waals surface area contributed by atoms with Crippen LogP contribution in [0.2, 0.25) is 5.02 Å². The number of ether oxygens (including phenoxy) is 1. The Kier molecular flexibility index (Phi) is 10.5. The molecule has 0 saturated heterocycles. The molecule has 0 unspecified atom stereocenters. The lowest BCUT2D eigenvalue weighted by atomic mass is 9.73. The molecule has 0 aliphatic heterocycles. The first-order valence-corrected chi connectivity index (χ1v) is 15.9. The van der Waals surface area contributed by atoms with Gasteiger partial charge in [0.25, 0.3) is 11.8 Å². The summed E-state index contributed by atoms with van der Waals surface area (Å²) in [5, 5.41) is 23.7. The zero-order chi connectivity index (χ0) is 35.4. The third kappa shape index (κ3) is 7.96. The zero-order valence-corrected chi connectivity index (χ0v) is 29.3. The van der Waals surface area contributed by atoms with E-state index in [1.165, 1.54) is 6.92 Å². The molecule has 256 valence electrons. The number of amides is 4. The number of carbonyl (C=O) groups is 4. The number of hydrogen-bond donors (Lipinski definition) is 5. The summed E-state index contributed by atoms with van der Waals surface area (Å²) in [7, 11) is 0. The number of benzene rings is 2. The lowest BCUT2D eigenvalue weighted by molar-refractivity contribution is -0.125. The lowest BCUT2D eigenvalue weighted by Crippen LogP contribution is -2.57. The van der Waals surface area contributed by atoms with Crippen molar-refractivity contribution >= 4 is 52.3 Å². The van der Waals surface area contributed by atoms with E-state index in [0.717, 1.165) is 5.69 Å². The highest BCUT2D eigenvalue weighted by molar-refractivity contribution is 6.34. The number of aromatic nitrogens is 4. The van der Waals surface area contributed by atoms with Gasteiger partial charge in [-0.15, -0.1) is 10.2 Å². The number of carbonyl (C=O) groups excluding carboxylic acids is 4. The van der Waals surface area contributed by atoms with Crippen LogP contribution in [0.3, 0.4) is 0 Å². The van der Waals surface area contributed by atoms with Crippen LogP contribution in [0.5, 0.6) is 5.75 Å². The van der Waals surface area contributed by atoms with E-state index in [0.29, 0.717) is 33.6 Å². The van der Waals surface area contributed by atoms with Crippen molar-refractivity contribution in [1.82, 2.24) is 30.4 Å². The van der Waals surface area contributed by atoms with Gasteiger partial charge >= 0.3 is 0 Å². The number of nitrogens with zero attached hydrogens (tertiary/aromatic N) is 3.